The number of hydrogen-bond acceptors (Lipinski definition) is 1. The summed E-state index contributed by atoms with van der Waals surface area (Å²) < 4.78 is 2.05. The Kier molecular flexibility index (Phi) is 2.00. The van der Waals surface area contributed by atoms with E-state index in [2.05, 4.69) is 28.8 Å². The molecule has 0 aliphatic rings. The monoisotopic (exact) mass is 209 g/mol. The number of aromatic nitrogens is 1. The maximum atomic E-state index is 10.7. The number of aldehydes is 1. The average molecular weight is 209 g/mol. The first kappa shape index (κ1) is 9.16. The lowest BCUT2D eigenvalue weighted by Crippen LogP contribution is -1.97. The number of fused-ring (bicyclic) bond motifs is 3. The number of carbonyl (C=O) groups is 1. The first-order valence-electron chi connectivity index (χ1n) is 5.31. The number of hydrogen-bond donors (Lipinski definition) is 0. The van der Waals surface area contributed by atoms with Crippen molar-refractivity contribution in [2.45, 2.75) is 6.54 Å². The molecule has 0 N–H and O–H groups in total. The fraction of sp³-hybridized carbons (Fsp3) is 0.0714. The fourth-order valence-corrected chi connectivity index (χ4v) is 2.27. The van der Waals surface area contributed by atoms with Crippen LogP contribution in [0.1, 0.15) is 0 Å². The van der Waals surface area contributed by atoms with Gasteiger partial charge in [-0.05, 0) is 12.1 Å². The number of rotatable bonds is 2. The minimum Gasteiger partial charge on any atom is -0.333 e. The van der Waals surface area contributed by atoms with E-state index in [9.17, 15) is 4.79 Å². The largest absolute Gasteiger partial charge is 0.333 e. The summed E-state index contributed by atoms with van der Waals surface area (Å²) in [6.07, 6.45) is 0.943. The van der Waals surface area contributed by atoms with Crippen molar-refractivity contribution in [2.24, 2.45) is 0 Å². The minimum atomic E-state index is 0.411. The molecule has 0 unspecified atom stereocenters. The summed E-state index contributed by atoms with van der Waals surface area (Å²) in [5.41, 5.74) is 2.24. The van der Waals surface area contributed by atoms with Crippen LogP contribution in [0.3, 0.4) is 0 Å². The number of para-hydroxylation sites is 2. The second kappa shape index (κ2) is 3.49. The minimum absolute atomic E-state index is 0.411. The van der Waals surface area contributed by atoms with Crippen LogP contribution in [0.25, 0.3) is 21.8 Å². The van der Waals surface area contributed by atoms with E-state index in [0.29, 0.717) is 6.54 Å². The van der Waals surface area contributed by atoms with Crippen LogP contribution in [-0.4, -0.2) is 10.9 Å². The van der Waals surface area contributed by atoms with Crippen LogP contribution in [0.4, 0.5) is 0 Å². The average Bonchev–Trinajstić information content (AvgIpc) is 2.66. The van der Waals surface area contributed by atoms with Gasteiger partial charge >= 0.3 is 0 Å². The van der Waals surface area contributed by atoms with Gasteiger partial charge in [-0.2, -0.15) is 0 Å². The lowest BCUT2D eigenvalue weighted by Gasteiger charge is -2.00. The van der Waals surface area contributed by atoms with E-state index in [-0.39, 0.29) is 0 Å². The third-order valence-electron chi connectivity index (χ3n) is 2.94. The molecule has 2 nitrogen and oxygen atoms in total. The smallest absolute Gasteiger partial charge is 0.139 e. The zero-order valence-corrected chi connectivity index (χ0v) is 8.76. The van der Waals surface area contributed by atoms with Gasteiger partial charge in [0.1, 0.15) is 6.29 Å². The Balaban J connectivity index is 2.53. The standard InChI is InChI=1S/C14H11NO/c16-10-9-15-13-7-3-1-5-11(13)12-6-2-4-8-14(12)15/h1-8,10H,9H2. The van der Waals surface area contributed by atoms with Crippen LogP contribution in [-0.2, 0) is 11.3 Å². The third kappa shape index (κ3) is 1.16. The molecule has 2 heteroatoms. The highest BCUT2D eigenvalue weighted by molar-refractivity contribution is 6.08. The molecule has 0 aliphatic carbocycles. The van der Waals surface area contributed by atoms with Crippen molar-refractivity contribution in [3.8, 4) is 0 Å². The molecule has 2 aromatic carbocycles. The molecule has 0 saturated heterocycles. The van der Waals surface area contributed by atoms with Gasteiger partial charge in [-0.1, -0.05) is 36.4 Å². The number of nitrogens with zero attached hydrogens (tertiary/aromatic N) is 1. The summed E-state index contributed by atoms with van der Waals surface area (Å²) in [4.78, 5) is 10.7. The van der Waals surface area contributed by atoms with Crippen LogP contribution < -0.4 is 0 Å². The van der Waals surface area contributed by atoms with Crippen molar-refractivity contribution in [2.75, 3.05) is 0 Å². The highest BCUT2D eigenvalue weighted by atomic mass is 16.1. The predicted octanol–water partition coefficient (Wildman–Crippen LogP) is 2.99. The summed E-state index contributed by atoms with van der Waals surface area (Å²) >= 11 is 0. The molecule has 0 radical (unpaired) electrons. The normalized spacial score (nSPS) is 11.0. The molecule has 0 spiro atoms. The Morgan fingerprint density at radius 3 is 1.88 bits per heavy atom. The van der Waals surface area contributed by atoms with E-state index < -0.39 is 0 Å². The summed E-state index contributed by atoms with van der Waals surface area (Å²) in [6, 6.07) is 16.4. The molecule has 0 bridgehead atoms. The van der Waals surface area contributed by atoms with Gasteiger partial charge in [-0.15, -0.1) is 0 Å². The van der Waals surface area contributed by atoms with Crippen LogP contribution in [0.2, 0.25) is 0 Å². The van der Waals surface area contributed by atoms with Crippen LogP contribution in [0.5, 0.6) is 0 Å². The molecule has 0 saturated carbocycles. The first-order chi connectivity index (χ1) is 7.92. The Bertz CT molecular complexity index is 613. The molecular weight excluding hydrogens is 198 g/mol. The third-order valence-corrected chi connectivity index (χ3v) is 2.94. The Morgan fingerprint density at radius 1 is 0.875 bits per heavy atom. The number of benzene rings is 2. The van der Waals surface area contributed by atoms with E-state index in [1.54, 1.807) is 0 Å². The fourth-order valence-electron chi connectivity index (χ4n) is 2.27. The van der Waals surface area contributed by atoms with Gasteiger partial charge in [-0.3, -0.25) is 0 Å². The highest BCUT2D eigenvalue weighted by Crippen LogP contribution is 2.28. The van der Waals surface area contributed by atoms with Gasteiger partial charge in [0, 0.05) is 21.8 Å². The second-order valence-corrected chi connectivity index (χ2v) is 3.81. The van der Waals surface area contributed by atoms with Crippen LogP contribution >= 0.6 is 0 Å². The predicted molar refractivity (Wildman–Crippen MR) is 65.5 cm³/mol. The molecule has 0 atom stereocenters. The molecule has 3 rings (SSSR count). The van der Waals surface area contributed by atoms with Crippen molar-refractivity contribution in [3.63, 3.8) is 0 Å². The maximum Gasteiger partial charge on any atom is 0.139 e. The molecule has 0 aliphatic heterocycles. The topological polar surface area (TPSA) is 22.0 Å². The van der Waals surface area contributed by atoms with Crippen molar-refractivity contribution in [1.29, 1.82) is 0 Å². The van der Waals surface area contributed by atoms with E-state index in [4.69, 9.17) is 0 Å². The van der Waals surface area contributed by atoms with Crippen molar-refractivity contribution >= 4 is 28.1 Å². The highest BCUT2D eigenvalue weighted by Gasteiger charge is 2.07. The zero-order valence-electron chi connectivity index (χ0n) is 8.76. The first-order valence-corrected chi connectivity index (χ1v) is 5.31. The summed E-state index contributed by atoms with van der Waals surface area (Å²) in [7, 11) is 0. The summed E-state index contributed by atoms with van der Waals surface area (Å²) in [6.45, 7) is 0.411. The second-order valence-electron chi connectivity index (χ2n) is 3.81. The summed E-state index contributed by atoms with van der Waals surface area (Å²) in [5, 5.41) is 2.42. The number of carbonyl (C=O) groups excluding carboxylic acids is 1. The van der Waals surface area contributed by atoms with Gasteiger partial charge in [-0.25, -0.2) is 0 Å². The van der Waals surface area contributed by atoms with E-state index in [1.165, 1.54) is 10.8 Å². The van der Waals surface area contributed by atoms with Gasteiger partial charge in [0.05, 0.1) is 6.54 Å². The van der Waals surface area contributed by atoms with Crippen LogP contribution in [0.15, 0.2) is 48.5 Å². The van der Waals surface area contributed by atoms with Crippen molar-refractivity contribution < 1.29 is 4.79 Å². The molecule has 78 valence electrons. The van der Waals surface area contributed by atoms with E-state index in [1.807, 2.05) is 24.3 Å². The Hall–Kier alpha value is -2.09. The maximum absolute atomic E-state index is 10.7. The molecule has 3 aromatic rings. The molecule has 0 amide bonds. The molecule has 16 heavy (non-hydrogen) atoms. The van der Waals surface area contributed by atoms with Crippen molar-refractivity contribution in [1.82, 2.24) is 4.57 Å². The van der Waals surface area contributed by atoms with Crippen LogP contribution in [0, 0.1) is 0 Å². The van der Waals surface area contributed by atoms with Gasteiger partial charge in [0.25, 0.3) is 0 Å². The summed E-state index contributed by atoms with van der Waals surface area (Å²) in [5.74, 6) is 0. The molecular formula is C14H11NO. The van der Waals surface area contributed by atoms with E-state index in [0.717, 1.165) is 17.3 Å². The van der Waals surface area contributed by atoms with E-state index >= 15 is 0 Å². The molecule has 1 aromatic heterocycles. The Labute approximate surface area is 93.1 Å². The molecule has 0 fully saturated rings. The lowest BCUT2D eigenvalue weighted by molar-refractivity contribution is -0.108. The van der Waals surface area contributed by atoms with Gasteiger partial charge in [0.2, 0.25) is 0 Å². The molecule has 1 heterocycles. The quantitative estimate of drug-likeness (QED) is 0.595. The van der Waals surface area contributed by atoms with Gasteiger partial charge in [0.15, 0.2) is 0 Å². The van der Waals surface area contributed by atoms with Crippen molar-refractivity contribution in [3.05, 3.63) is 48.5 Å². The van der Waals surface area contributed by atoms with Gasteiger partial charge < -0.3 is 9.36 Å². The zero-order chi connectivity index (χ0) is 11.0. The Morgan fingerprint density at radius 2 is 1.38 bits per heavy atom. The SMILES string of the molecule is O=CCn1c2ccccc2c2ccccc21. The lowest BCUT2D eigenvalue weighted by atomic mass is 10.2.